The highest BCUT2D eigenvalue weighted by molar-refractivity contribution is 7.90. The van der Waals surface area contributed by atoms with Crippen molar-refractivity contribution in [1.82, 2.24) is 29.1 Å². The number of hydrogen-bond acceptors (Lipinski definition) is 8. The number of benzene rings is 4. The molecule has 2 aliphatic rings. The predicted molar refractivity (Wildman–Crippen MR) is 237 cm³/mol. The van der Waals surface area contributed by atoms with Crippen molar-refractivity contribution in [3.8, 4) is 34.2 Å². The summed E-state index contributed by atoms with van der Waals surface area (Å²) in [6, 6.07) is 33.8. The van der Waals surface area contributed by atoms with Gasteiger partial charge in [-0.25, -0.2) is 31.9 Å². The van der Waals surface area contributed by atoms with Crippen LogP contribution in [-0.4, -0.2) is 52.2 Å². The van der Waals surface area contributed by atoms with E-state index < -0.39 is 19.9 Å². The minimum Gasteiger partial charge on any atom is -0.292 e. The van der Waals surface area contributed by atoms with Crippen LogP contribution in [0.3, 0.4) is 0 Å². The van der Waals surface area contributed by atoms with Gasteiger partial charge in [-0.05, 0) is 120 Å². The number of nitrogens with zero attached hydrogens (tertiary/aromatic N) is 6. The van der Waals surface area contributed by atoms with Crippen LogP contribution in [0.25, 0.3) is 67.4 Å². The minimum atomic E-state index is -3.75. The van der Waals surface area contributed by atoms with Crippen molar-refractivity contribution < 1.29 is 16.8 Å². The fourth-order valence-corrected chi connectivity index (χ4v) is 8.53. The number of nitrogens with two attached hydrogens (primary N) is 1. The second-order valence-corrected chi connectivity index (χ2v) is 18.0. The van der Waals surface area contributed by atoms with E-state index in [0.717, 1.165) is 63.2 Å². The Morgan fingerprint density at radius 1 is 0.517 bits per heavy atom. The Bertz CT molecular complexity index is 3050. The van der Waals surface area contributed by atoms with Gasteiger partial charge in [0.25, 0.3) is 0 Å². The molecule has 0 unspecified atom stereocenters. The third-order valence-electron chi connectivity index (χ3n) is 10.4. The number of aromatic nitrogens is 6. The molecule has 0 amide bonds. The lowest BCUT2D eigenvalue weighted by Gasteiger charge is -2.11. The maximum atomic E-state index is 11.8. The largest absolute Gasteiger partial charge is 0.292 e. The average Bonchev–Trinajstić information content (AvgIpc) is 4.10. The van der Waals surface area contributed by atoms with E-state index in [1.165, 1.54) is 40.7 Å². The van der Waals surface area contributed by atoms with Gasteiger partial charge in [0.05, 0.1) is 38.7 Å². The molecule has 2 aliphatic carbocycles. The van der Waals surface area contributed by atoms with Crippen LogP contribution >= 0.6 is 0 Å². The van der Waals surface area contributed by atoms with Crippen molar-refractivity contribution in [2.24, 2.45) is 5.14 Å². The molecular weight excluding hydrogens is 791 g/mol. The molecule has 4 aromatic carbocycles. The van der Waals surface area contributed by atoms with Crippen molar-refractivity contribution in [1.29, 1.82) is 0 Å². The van der Waals surface area contributed by atoms with E-state index in [9.17, 15) is 16.8 Å². The summed E-state index contributed by atoms with van der Waals surface area (Å²) in [7, 11) is -7.00. The van der Waals surface area contributed by atoms with Gasteiger partial charge in [-0.3, -0.25) is 19.1 Å². The molecule has 296 valence electrons. The smallest absolute Gasteiger partial charge is 0.238 e. The van der Waals surface area contributed by atoms with Crippen molar-refractivity contribution in [3.63, 3.8) is 0 Å². The Labute approximate surface area is 347 Å². The summed E-state index contributed by atoms with van der Waals surface area (Å²) >= 11 is 0. The number of primary sulfonamides is 1. The van der Waals surface area contributed by atoms with Crippen LogP contribution in [-0.2, 0) is 19.9 Å². The number of sulfonamides is 1. The lowest BCUT2D eigenvalue weighted by Crippen LogP contribution is -2.11. The number of pyridine rings is 2. The molecule has 0 atom stereocenters. The first kappa shape index (κ1) is 38.5. The Balaban J connectivity index is 0.000000154. The predicted octanol–water partition coefficient (Wildman–Crippen LogP) is 8.91. The summed E-state index contributed by atoms with van der Waals surface area (Å²) in [4.78, 5) is 18.4. The van der Waals surface area contributed by atoms with Gasteiger partial charge in [-0.15, -0.1) is 0 Å². The lowest BCUT2D eigenvalue weighted by molar-refractivity contribution is 0.597. The summed E-state index contributed by atoms with van der Waals surface area (Å²) in [6.07, 6.45) is 22.8. The van der Waals surface area contributed by atoms with Gasteiger partial charge in [0.1, 0.15) is 17.2 Å². The van der Waals surface area contributed by atoms with Gasteiger partial charge < -0.3 is 0 Å². The van der Waals surface area contributed by atoms with E-state index in [0.29, 0.717) is 10.7 Å². The monoisotopic (exact) mass is 827 g/mol. The second kappa shape index (κ2) is 15.6. The van der Waals surface area contributed by atoms with E-state index in [-0.39, 0.29) is 4.90 Å². The first-order chi connectivity index (χ1) is 29.0. The van der Waals surface area contributed by atoms with Gasteiger partial charge in [0.15, 0.2) is 9.84 Å². The molecule has 0 saturated heterocycles. The Kier molecular flexibility index (Phi) is 10.0. The van der Waals surface area contributed by atoms with E-state index in [1.54, 1.807) is 61.2 Å². The third-order valence-corrected chi connectivity index (χ3v) is 12.5. The van der Waals surface area contributed by atoms with Crippen LogP contribution in [0.15, 0.2) is 180 Å². The molecule has 4 heterocycles. The Morgan fingerprint density at radius 2 is 0.983 bits per heavy atom. The molecule has 0 aliphatic heterocycles. The number of hydrogen-bond donors (Lipinski definition) is 1. The first-order valence-electron chi connectivity index (χ1n) is 19.0. The SMILES string of the molecule is CS(=O)(=O)c1ccc(-c2nc3cnccc3n2-c2ccc(C3=CC=CC3)cc2)cc1.NS(=O)(=O)c1ccc(-c2nc3ccncc3n2-c2ccc(C3=CC=CC3)cc2)cc1. The van der Waals surface area contributed by atoms with Gasteiger partial charge >= 0.3 is 0 Å². The highest BCUT2D eigenvalue weighted by Gasteiger charge is 2.18. The Hall–Kier alpha value is -7.06. The zero-order chi connectivity index (χ0) is 41.4. The van der Waals surface area contributed by atoms with Crippen molar-refractivity contribution in [2.75, 3.05) is 6.26 Å². The third kappa shape index (κ3) is 7.64. The fourth-order valence-electron chi connectivity index (χ4n) is 7.38. The molecule has 2 N–H and O–H groups in total. The summed E-state index contributed by atoms with van der Waals surface area (Å²) < 4.78 is 50.9. The molecule has 0 fully saturated rings. The van der Waals surface area contributed by atoms with Gasteiger partial charge in [0.2, 0.25) is 10.0 Å². The molecule has 0 saturated carbocycles. The van der Waals surface area contributed by atoms with Crippen LogP contribution < -0.4 is 5.14 Å². The van der Waals surface area contributed by atoms with Crippen LogP contribution in [0.4, 0.5) is 0 Å². The molecule has 8 aromatic rings. The molecule has 0 spiro atoms. The van der Waals surface area contributed by atoms with E-state index >= 15 is 0 Å². The highest BCUT2D eigenvalue weighted by atomic mass is 32.2. The highest BCUT2D eigenvalue weighted by Crippen LogP contribution is 2.33. The molecule has 0 radical (unpaired) electrons. The molecule has 0 bridgehead atoms. The molecule has 13 heteroatoms. The summed E-state index contributed by atoms with van der Waals surface area (Å²) in [5, 5.41) is 5.23. The second-order valence-electron chi connectivity index (χ2n) is 14.4. The van der Waals surface area contributed by atoms with Crippen LogP contribution in [0.2, 0.25) is 0 Å². The molecular formula is C47H37N7O4S2. The van der Waals surface area contributed by atoms with Gasteiger partial charge in [-0.1, -0.05) is 60.7 Å². The number of allylic oxidation sites excluding steroid dienone is 8. The quantitative estimate of drug-likeness (QED) is 0.159. The maximum absolute atomic E-state index is 11.8. The topological polar surface area (TPSA) is 156 Å². The average molecular weight is 828 g/mol. The van der Waals surface area contributed by atoms with Gasteiger partial charge in [0, 0.05) is 41.2 Å². The summed E-state index contributed by atoms with van der Waals surface area (Å²) in [5.74, 6) is 1.45. The van der Waals surface area contributed by atoms with Crippen molar-refractivity contribution >= 4 is 53.1 Å². The number of rotatable bonds is 8. The minimum absolute atomic E-state index is 0.0679. The van der Waals surface area contributed by atoms with E-state index in [1.807, 2.05) is 16.7 Å². The number of fused-ring (bicyclic) bond motifs is 2. The van der Waals surface area contributed by atoms with Gasteiger partial charge in [-0.2, -0.15) is 0 Å². The standard InChI is InChI=1S/C24H19N3O2S.C23H18N4O2S/c1-30(28,29)21-12-8-19(9-13-21)24-26-22-16-25-15-14-23(22)27(24)20-10-6-18(7-11-20)17-4-2-3-5-17;24-30(28,29)20-11-7-18(8-12-20)23-26-21-13-14-25-15-22(21)27(23)19-9-5-17(6-10-19)16-3-1-2-4-16/h2-4,6-16H,5H2,1H3;1-3,5-15H,4H2,(H2,24,28,29). The molecule has 10 rings (SSSR count). The maximum Gasteiger partial charge on any atom is 0.238 e. The van der Waals surface area contributed by atoms with Crippen molar-refractivity contribution in [2.45, 2.75) is 22.6 Å². The van der Waals surface area contributed by atoms with Crippen LogP contribution in [0.1, 0.15) is 24.0 Å². The summed E-state index contributed by atoms with van der Waals surface area (Å²) in [5.41, 5.74) is 11.9. The molecule has 4 aromatic heterocycles. The van der Waals surface area contributed by atoms with Crippen LogP contribution in [0, 0.1) is 0 Å². The first-order valence-corrected chi connectivity index (χ1v) is 22.5. The molecule has 60 heavy (non-hydrogen) atoms. The van der Waals surface area contributed by atoms with Crippen molar-refractivity contribution in [3.05, 3.63) is 182 Å². The number of sulfone groups is 1. The normalized spacial score (nSPS) is 13.7. The van der Waals surface area contributed by atoms with E-state index in [4.69, 9.17) is 15.1 Å². The zero-order valence-electron chi connectivity index (χ0n) is 32.3. The number of imidazole rings is 2. The lowest BCUT2D eigenvalue weighted by atomic mass is 10.0. The Morgan fingerprint density at radius 3 is 1.48 bits per heavy atom. The summed E-state index contributed by atoms with van der Waals surface area (Å²) in [6.45, 7) is 0. The van der Waals surface area contributed by atoms with Crippen LogP contribution in [0.5, 0.6) is 0 Å². The van der Waals surface area contributed by atoms with E-state index in [2.05, 4.69) is 99.5 Å². The molecule has 11 nitrogen and oxygen atoms in total. The fraction of sp³-hybridized carbons (Fsp3) is 0.0638. The zero-order valence-corrected chi connectivity index (χ0v) is 33.9.